The molecule has 1 aliphatic heterocycles. The number of fused-ring (bicyclic) bond motifs is 3. The summed E-state index contributed by atoms with van der Waals surface area (Å²) in [4.78, 5) is 36.2. The maximum absolute atomic E-state index is 12.5. The van der Waals surface area contributed by atoms with E-state index in [0.29, 0.717) is 13.0 Å². The summed E-state index contributed by atoms with van der Waals surface area (Å²) in [5.74, 6) is -2.37. The molecular weight excluding hydrogens is 440 g/mol. The zero-order valence-corrected chi connectivity index (χ0v) is 18.8. The second-order valence-electron chi connectivity index (χ2n) is 8.61. The number of benzene rings is 2. The Morgan fingerprint density at radius 1 is 1.09 bits per heavy atom. The van der Waals surface area contributed by atoms with Gasteiger partial charge >= 0.3 is 12.1 Å². The molecule has 0 saturated carbocycles. The Balaban J connectivity index is 1.31. The molecule has 1 fully saturated rings. The first kappa shape index (κ1) is 23.7. The predicted molar refractivity (Wildman–Crippen MR) is 122 cm³/mol. The SMILES string of the molecule is C[C@@H](O)[C@H](NC(=O)C1OCCC1CNC(=O)OCC1c2ccccc2-c2ccccc21)C(=O)O. The summed E-state index contributed by atoms with van der Waals surface area (Å²) in [6.45, 7) is 1.91. The van der Waals surface area contributed by atoms with Gasteiger partial charge in [0.1, 0.15) is 12.7 Å². The van der Waals surface area contributed by atoms with E-state index in [9.17, 15) is 19.5 Å². The van der Waals surface area contributed by atoms with Crippen molar-refractivity contribution in [3.05, 3.63) is 59.7 Å². The lowest BCUT2D eigenvalue weighted by atomic mass is 9.98. The van der Waals surface area contributed by atoms with Crippen LogP contribution in [0, 0.1) is 5.92 Å². The van der Waals surface area contributed by atoms with Crippen molar-refractivity contribution in [2.75, 3.05) is 19.8 Å². The van der Waals surface area contributed by atoms with Gasteiger partial charge in [0.05, 0.1) is 6.10 Å². The number of aliphatic carboxylic acids is 1. The number of carboxylic acid groups (broad SMARTS) is 1. The number of rotatable bonds is 8. The third-order valence-electron chi connectivity index (χ3n) is 6.37. The van der Waals surface area contributed by atoms with Gasteiger partial charge in [-0.2, -0.15) is 0 Å². The zero-order valence-electron chi connectivity index (χ0n) is 18.8. The number of carboxylic acids is 1. The number of carbonyl (C=O) groups excluding carboxylic acids is 2. The number of aliphatic hydroxyl groups is 1. The van der Waals surface area contributed by atoms with E-state index in [2.05, 4.69) is 22.8 Å². The van der Waals surface area contributed by atoms with Crippen LogP contribution in [0.2, 0.25) is 0 Å². The van der Waals surface area contributed by atoms with E-state index in [1.54, 1.807) is 0 Å². The summed E-state index contributed by atoms with van der Waals surface area (Å²) >= 11 is 0. The molecule has 2 aromatic rings. The monoisotopic (exact) mass is 468 g/mol. The number of aliphatic hydroxyl groups excluding tert-OH is 1. The van der Waals surface area contributed by atoms with Crippen LogP contribution in [0.1, 0.15) is 30.4 Å². The summed E-state index contributed by atoms with van der Waals surface area (Å²) in [6, 6.07) is 14.7. The van der Waals surface area contributed by atoms with Crippen molar-refractivity contribution in [2.45, 2.75) is 37.5 Å². The maximum atomic E-state index is 12.5. The van der Waals surface area contributed by atoms with Gasteiger partial charge in [0.2, 0.25) is 5.91 Å². The van der Waals surface area contributed by atoms with E-state index in [0.717, 1.165) is 22.3 Å². The van der Waals surface area contributed by atoms with Gasteiger partial charge in [0, 0.05) is 25.0 Å². The lowest BCUT2D eigenvalue weighted by Gasteiger charge is -2.22. The molecule has 1 aliphatic carbocycles. The van der Waals surface area contributed by atoms with Crippen LogP contribution in [-0.4, -0.2) is 66.2 Å². The van der Waals surface area contributed by atoms with Gasteiger partial charge in [0.15, 0.2) is 6.04 Å². The number of carbonyl (C=O) groups is 3. The molecule has 0 radical (unpaired) electrons. The van der Waals surface area contributed by atoms with E-state index < -0.39 is 36.2 Å². The van der Waals surface area contributed by atoms with Crippen LogP contribution in [0.15, 0.2) is 48.5 Å². The standard InChI is InChI=1S/C25H28N2O7/c1-14(28)21(24(30)31)27-23(29)22-15(10-11-33-22)12-26-25(32)34-13-20-18-8-4-2-6-16(18)17-7-3-5-9-19(17)20/h2-9,14-15,20-22,28H,10-13H2,1H3,(H,26,32)(H,27,29)(H,30,31)/t14-,15?,21+,22?/m1/s1. The van der Waals surface area contributed by atoms with Gasteiger partial charge in [-0.25, -0.2) is 9.59 Å². The lowest BCUT2D eigenvalue weighted by molar-refractivity contribution is -0.147. The Kier molecular flexibility index (Phi) is 7.14. The van der Waals surface area contributed by atoms with Crippen LogP contribution >= 0.6 is 0 Å². The minimum absolute atomic E-state index is 0.0556. The van der Waals surface area contributed by atoms with E-state index in [1.807, 2.05) is 36.4 Å². The largest absolute Gasteiger partial charge is 0.480 e. The van der Waals surface area contributed by atoms with Crippen molar-refractivity contribution < 1.29 is 34.1 Å². The minimum atomic E-state index is -1.44. The molecule has 2 unspecified atom stereocenters. The Morgan fingerprint density at radius 3 is 2.29 bits per heavy atom. The fourth-order valence-corrected chi connectivity index (χ4v) is 4.62. The summed E-state index contributed by atoms with van der Waals surface area (Å²) in [6.07, 6.45) is -2.26. The number of amides is 2. The first-order valence-corrected chi connectivity index (χ1v) is 11.3. The summed E-state index contributed by atoms with van der Waals surface area (Å²) in [5, 5.41) is 23.7. The second kappa shape index (κ2) is 10.2. The van der Waals surface area contributed by atoms with E-state index in [1.165, 1.54) is 6.92 Å². The Labute approximate surface area is 197 Å². The van der Waals surface area contributed by atoms with Crippen molar-refractivity contribution >= 4 is 18.0 Å². The van der Waals surface area contributed by atoms with Gasteiger partial charge in [-0.3, -0.25) is 4.79 Å². The third kappa shape index (κ3) is 4.90. The highest BCUT2D eigenvalue weighted by atomic mass is 16.5. The molecule has 2 amide bonds. The van der Waals surface area contributed by atoms with Crippen molar-refractivity contribution in [3.8, 4) is 11.1 Å². The van der Waals surface area contributed by atoms with Crippen LogP contribution in [0.25, 0.3) is 11.1 Å². The van der Waals surface area contributed by atoms with Crippen LogP contribution in [0.3, 0.4) is 0 Å². The quantitative estimate of drug-likeness (QED) is 0.465. The number of alkyl carbamates (subject to hydrolysis) is 1. The molecule has 1 saturated heterocycles. The molecule has 4 atom stereocenters. The minimum Gasteiger partial charge on any atom is -0.480 e. The van der Waals surface area contributed by atoms with Gasteiger partial charge in [-0.1, -0.05) is 48.5 Å². The molecule has 0 spiro atoms. The fourth-order valence-electron chi connectivity index (χ4n) is 4.62. The number of nitrogens with one attached hydrogen (secondary N) is 2. The summed E-state index contributed by atoms with van der Waals surface area (Å²) in [5.41, 5.74) is 4.51. The first-order chi connectivity index (χ1) is 16.4. The summed E-state index contributed by atoms with van der Waals surface area (Å²) < 4.78 is 11.0. The van der Waals surface area contributed by atoms with Crippen molar-refractivity contribution in [3.63, 3.8) is 0 Å². The normalized spacial score (nSPS) is 20.6. The zero-order chi connectivity index (χ0) is 24.2. The number of hydrogen-bond donors (Lipinski definition) is 4. The van der Waals surface area contributed by atoms with Crippen LogP contribution < -0.4 is 10.6 Å². The van der Waals surface area contributed by atoms with Gasteiger partial charge in [-0.15, -0.1) is 0 Å². The third-order valence-corrected chi connectivity index (χ3v) is 6.37. The van der Waals surface area contributed by atoms with E-state index in [4.69, 9.17) is 14.6 Å². The molecule has 4 N–H and O–H groups in total. The molecule has 2 aromatic carbocycles. The van der Waals surface area contributed by atoms with E-state index in [-0.39, 0.29) is 25.0 Å². The predicted octanol–water partition coefficient (Wildman–Crippen LogP) is 1.88. The number of hydrogen-bond acceptors (Lipinski definition) is 6. The van der Waals surface area contributed by atoms with Crippen LogP contribution in [0.5, 0.6) is 0 Å². The number of ether oxygens (including phenoxy) is 2. The van der Waals surface area contributed by atoms with Gasteiger partial charge in [-0.05, 0) is 35.6 Å². The Morgan fingerprint density at radius 2 is 1.71 bits per heavy atom. The first-order valence-electron chi connectivity index (χ1n) is 11.3. The fraction of sp³-hybridized carbons (Fsp3) is 0.400. The molecule has 9 heteroatoms. The van der Waals surface area contributed by atoms with E-state index >= 15 is 0 Å². The molecule has 34 heavy (non-hydrogen) atoms. The van der Waals surface area contributed by atoms with Gasteiger partial charge in [0.25, 0.3) is 0 Å². The van der Waals surface area contributed by atoms with Gasteiger partial charge < -0.3 is 30.3 Å². The molecule has 1 heterocycles. The molecule has 2 aliphatic rings. The average molecular weight is 469 g/mol. The van der Waals surface area contributed by atoms with Crippen molar-refractivity contribution in [1.29, 1.82) is 0 Å². The van der Waals surface area contributed by atoms with Crippen LogP contribution in [0.4, 0.5) is 4.79 Å². The highest BCUT2D eigenvalue weighted by molar-refractivity contribution is 5.87. The molecule has 4 rings (SSSR count). The highest BCUT2D eigenvalue weighted by Gasteiger charge is 2.37. The smallest absolute Gasteiger partial charge is 0.407 e. The topological polar surface area (TPSA) is 134 Å². The van der Waals surface area contributed by atoms with Crippen molar-refractivity contribution in [1.82, 2.24) is 10.6 Å². The highest BCUT2D eigenvalue weighted by Crippen LogP contribution is 2.44. The molecule has 180 valence electrons. The molecular formula is C25H28N2O7. The maximum Gasteiger partial charge on any atom is 0.407 e. The van der Waals surface area contributed by atoms with Crippen molar-refractivity contribution in [2.24, 2.45) is 5.92 Å². The summed E-state index contributed by atoms with van der Waals surface area (Å²) in [7, 11) is 0. The lowest BCUT2D eigenvalue weighted by Crippen LogP contribution is -2.52. The Hall–Kier alpha value is -3.43. The molecule has 0 bridgehead atoms. The second-order valence-corrected chi connectivity index (χ2v) is 8.61. The average Bonchev–Trinajstić information content (AvgIpc) is 3.42. The molecule has 9 nitrogen and oxygen atoms in total. The van der Waals surface area contributed by atoms with Crippen LogP contribution in [-0.2, 0) is 19.1 Å². The molecule has 0 aromatic heterocycles. The Bertz CT molecular complexity index is 1030.